The van der Waals surface area contributed by atoms with E-state index in [4.69, 9.17) is 21.8 Å². The molecule has 5 heteroatoms. The van der Waals surface area contributed by atoms with Gasteiger partial charge in [0.15, 0.2) is 0 Å². The molecule has 0 spiro atoms. The fourth-order valence-electron chi connectivity index (χ4n) is 1.71. The zero-order chi connectivity index (χ0) is 12.5. The number of furan rings is 1. The second kappa shape index (κ2) is 4.23. The van der Waals surface area contributed by atoms with Crippen molar-refractivity contribution in [3.05, 3.63) is 54.1 Å². The van der Waals surface area contributed by atoms with Gasteiger partial charge in [-0.1, -0.05) is 11.6 Å². The lowest BCUT2D eigenvalue weighted by Crippen LogP contribution is -1.97. The van der Waals surface area contributed by atoms with Gasteiger partial charge in [0.1, 0.15) is 5.15 Å². The summed E-state index contributed by atoms with van der Waals surface area (Å²) in [5, 5.41) is 4.97. The number of hydrogen-bond donors (Lipinski definition) is 1. The number of hydrogen-bond acceptors (Lipinski definition) is 3. The van der Waals surface area contributed by atoms with E-state index in [-0.39, 0.29) is 0 Å². The summed E-state index contributed by atoms with van der Waals surface area (Å²) < 4.78 is 6.69. The fourth-order valence-corrected chi connectivity index (χ4v) is 1.94. The normalized spacial score (nSPS) is 10.7. The number of halogens is 1. The highest BCUT2D eigenvalue weighted by Gasteiger charge is 2.10. The van der Waals surface area contributed by atoms with E-state index in [9.17, 15) is 0 Å². The lowest BCUT2D eigenvalue weighted by molar-refractivity contribution is 0.568. The number of anilines is 1. The van der Waals surface area contributed by atoms with Crippen LogP contribution in [-0.4, -0.2) is 9.78 Å². The molecule has 0 atom stereocenters. The second-order valence-electron chi connectivity index (χ2n) is 3.87. The summed E-state index contributed by atoms with van der Waals surface area (Å²) in [6.45, 7) is 0. The van der Waals surface area contributed by atoms with Crippen molar-refractivity contribution in [1.29, 1.82) is 0 Å². The molecule has 2 aromatic heterocycles. The largest absolute Gasteiger partial charge is 0.472 e. The van der Waals surface area contributed by atoms with Crippen molar-refractivity contribution in [3.8, 4) is 16.9 Å². The molecule has 0 aliphatic rings. The number of aromatic nitrogens is 2. The Hall–Kier alpha value is -2.20. The van der Waals surface area contributed by atoms with Crippen molar-refractivity contribution in [2.75, 3.05) is 5.73 Å². The number of nitrogens with two attached hydrogens (primary N) is 1. The van der Waals surface area contributed by atoms with Crippen LogP contribution in [-0.2, 0) is 0 Å². The Balaban J connectivity index is 2.06. The molecule has 0 fully saturated rings. The number of nitrogens with zero attached hydrogens (tertiary/aromatic N) is 2. The average molecular weight is 260 g/mol. The molecule has 90 valence electrons. The van der Waals surface area contributed by atoms with Crippen molar-refractivity contribution in [1.82, 2.24) is 9.78 Å². The van der Waals surface area contributed by atoms with Crippen LogP contribution < -0.4 is 5.73 Å². The van der Waals surface area contributed by atoms with Crippen LogP contribution in [0.2, 0.25) is 5.15 Å². The van der Waals surface area contributed by atoms with Gasteiger partial charge in [-0.3, -0.25) is 0 Å². The van der Waals surface area contributed by atoms with Crippen LogP contribution >= 0.6 is 11.6 Å². The van der Waals surface area contributed by atoms with Gasteiger partial charge in [0, 0.05) is 17.3 Å². The molecule has 2 heterocycles. The first kappa shape index (κ1) is 10.9. The van der Waals surface area contributed by atoms with E-state index >= 15 is 0 Å². The van der Waals surface area contributed by atoms with Crippen LogP contribution in [0.5, 0.6) is 0 Å². The van der Waals surface area contributed by atoms with Crippen LogP contribution in [0.4, 0.5) is 5.69 Å². The summed E-state index contributed by atoms with van der Waals surface area (Å²) in [5.74, 6) is 0. The zero-order valence-electron chi connectivity index (χ0n) is 9.38. The summed E-state index contributed by atoms with van der Waals surface area (Å²) in [6.07, 6.45) is 3.23. The molecule has 0 saturated heterocycles. The first-order chi connectivity index (χ1) is 8.74. The third-order valence-electron chi connectivity index (χ3n) is 2.62. The van der Waals surface area contributed by atoms with Crippen molar-refractivity contribution < 1.29 is 4.42 Å². The maximum atomic E-state index is 6.17. The first-order valence-corrected chi connectivity index (χ1v) is 5.76. The van der Waals surface area contributed by atoms with Gasteiger partial charge in [-0.25, -0.2) is 4.68 Å². The summed E-state index contributed by atoms with van der Waals surface area (Å²) in [7, 11) is 0. The topological polar surface area (TPSA) is 57.0 Å². The van der Waals surface area contributed by atoms with E-state index < -0.39 is 0 Å². The Morgan fingerprint density at radius 2 is 1.94 bits per heavy atom. The van der Waals surface area contributed by atoms with Gasteiger partial charge >= 0.3 is 0 Å². The maximum absolute atomic E-state index is 6.17. The van der Waals surface area contributed by atoms with Crippen molar-refractivity contribution >= 4 is 17.3 Å². The highest BCUT2D eigenvalue weighted by atomic mass is 35.5. The van der Waals surface area contributed by atoms with E-state index in [0.717, 1.165) is 16.9 Å². The van der Waals surface area contributed by atoms with Crippen molar-refractivity contribution in [3.63, 3.8) is 0 Å². The van der Waals surface area contributed by atoms with Gasteiger partial charge in [-0.05, 0) is 30.3 Å². The van der Waals surface area contributed by atoms with E-state index in [0.29, 0.717) is 10.8 Å². The highest BCUT2D eigenvalue weighted by Crippen LogP contribution is 2.25. The van der Waals surface area contributed by atoms with Crippen LogP contribution in [0.1, 0.15) is 0 Å². The Morgan fingerprint density at radius 1 is 1.17 bits per heavy atom. The number of nitrogen functional groups attached to an aromatic ring is 1. The molecule has 0 unspecified atom stereocenters. The van der Waals surface area contributed by atoms with E-state index in [1.165, 1.54) is 0 Å². The van der Waals surface area contributed by atoms with E-state index in [1.54, 1.807) is 23.3 Å². The summed E-state index contributed by atoms with van der Waals surface area (Å²) in [6, 6.07) is 11.0. The van der Waals surface area contributed by atoms with E-state index in [1.807, 2.05) is 30.3 Å². The smallest absolute Gasteiger partial charge is 0.133 e. The average Bonchev–Trinajstić information content (AvgIpc) is 2.99. The molecule has 4 nitrogen and oxygen atoms in total. The van der Waals surface area contributed by atoms with Crippen LogP contribution in [0.25, 0.3) is 16.9 Å². The third-order valence-corrected chi connectivity index (χ3v) is 2.89. The summed E-state index contributed by atoms with van der Waals surface area (Å²) in [5.41, 5.74) is 8.88. The molecular weight excluding hydrogens is 250 g/mol. The van der Waals surface area contributed by atoms with Gasteiger partial charge in [0.05, 0.1) is 23.9 Å². The summed E-state index contributed by atoms with van der Waals surface area (Å²) >= 11 is 6.17. The molecular formula is C13H10ClN3O. The lowest BCUT2D eigenvalue weighted by Gasteiger charge is -2.02. The Labute approximate surface area is 109 Å². The van der Waals surface area contributed by atoms with Crippen LogP contribution in [0, 0.1) is 0 Å². The standard InChI is InChI=1S/C13H10ClN3O/c14-13-7-12(9-5-6-18-8-9)16-17(13)11-3-1-10(15)2-4-11/h1-8H,15H2. The van der Waals surface area contributed by atoms with Gasteiger partial charge in [-0.2, -0.15) is 5.10 Å². The van der Waals surface area contributed by atoms with Crippen LogP contribution in [0.3, 0.4) is 0 Å². The number of benzene rings is 1. The molecule has 3 rings (SSSR count). The zero-order valence-corrected chi connectivity index (χ0v) is 10.1. The van der Waals surface area contributed by atoms with E-state index in [2.05, 4.69) is 5.10 Å². The maximum Gasteiger partial charge on any atom is 0.133 e. The summed E-state index contributed by atoms with van der Waals surface area (Å²) in [4.78, 5) is 0. The minimum absolute atomic E-state index is 0.538. The van der Waals surface area contributed by atoms with Gasteiger partial charge in [0.25, 0.3) is 0 Å². The van der Waals surface area contributed by atoms with Crippen molar-refractivity contribution in [2.45, 2.75) is 0 Å². The minimum atomic E-state index is 0.538. The molecule has 1 aromatic carbocycles. The van der Waals surface area contributed by atoms with Gasteiger partial charge < -0.3 is 10.2 Å². The van der Waals surface area contributed by atoms with Gasteiger partial charge in [0.2, 0.25) is 0 Å². The monoisotopic (exact) mass is 259 g/mol. The minimum Gasteiger partial charge on any atom is -0.472 e. The predicted octanol–water partition coefficient (Wildman–Crippen LogP) is 3.37. The number of rotatable bonds is 2. The molecule has 18 heavy (non-hydrogen) atoms. The molecule has 0 aliphatic carbocycles. The quantitative estimate of drug-likeness (QED) is 0.718. The molecule has 0 aliphatic heterocycles. The Morgan fingerprint density at radius 3 is 2.61 bits per heavy atom. The molecule has 0 radical (unpaired) electrons. The molecule has 3 aromatic rings. The SMILES string of the molecule is Nc1ccc(-n2nc(-c3ccoc3)cc2Cl)cc1. The first-order valence-electron chi connectivity index (χ1n) is 5.38. The predicted molar refractivity (Wildman–Crippen MR) is 70.7 cm³/mol. The Kier molecular flexibility index (Phi) is 2.57. The van der Waals surface area contributed by atoms with Crippen LogP contribution in [0.15, 0.2) is 53.3 Å². The molecule has 0 bridgehead atoms. The Bertz CT molecular complexity index is 656. The second-order valence-corrected chi connectivity index (χ2v) is 4.25. The van der Waals surface area contributed by atoms with Gasteiger partial charge in [-0.15, -0.1) is 0 Å². The molecule has 2 N–H and O–H groups in total. The van der Waals surface area contributed by atoms with Crippen molar-refractivity contribution in [2.24, 2.45) is 0 Å². The third kappa shape index (κ3) is 1.87. The lowest BCUT2D eigenvalue weighted by atomic mass is 10.2. The fraction of sp³-hybridized carbons (Fsp3) is 0. The molecule has 0 amide bonds. The highest BCUT2D eigenvalue weighted by molar-refractivity contribution is 6.30. The molecule has 0 saturated carbocycles.